The van der Waals surface area contributed by atoms with Crippen molar-refractivity contribution in [3.63, 3.8) is 0 Å². The maximum atomic E-state index is 13.0. The number of pyridine rings is 1. The predicted molar refractivity (Wildman–Crippen MR) is 79.6 cm³/mol. The van der Waals surface area contributed by atoms with E-state index in [1.807, 2.05) is 0 Å². The molecule has 0 spiro atoms. The Kier molecular flexibility index (Phi) is 5.30. The maximum Gasteiger partial charge on any atom is 0.340 e. The summed E-state index contributed by atoms with van der Waals surface area (Å²) in [6.45, 7) is -0.532. The lowest BCUT2D eigenvalue weighted by molar-refractivity contribution is -0.119. The van der Waals surface area contributed by atoms with Crippen molar-refractivity contribution in [1.82, 2.24) is 4.98 Å². The van der Waals surface area contributed by atoms with E-state index in [0.29, 0.717) is 0 Å². The van der Waals surface area contributed by atoms with Crippen LogP contribution in [0.25, 0.3) is 0 Å². The molecule has 0 bridgehead atoms. The minimum Gasteiger partial charge on any atom is -0.452 e. The molecule has 114 valence electrons. The van der Waals surface area contributed by atoms with Crippen LogP contribution in [-0.2, 0) is 9.53 Å². The van der Waals surface area contributed by atoms with Gasteiger partial charge in [-0.25, -0.2) is 14.2 Å². The quantitative estimate of drug-likeness (QED) is 0.683. The summed E-state index contributed by atoms with van der Waals surface area (Å²) < 4.78 is 17.8. The minimum atomic E-state index is -0.777. The molecule has 0 saturated heterocycles. The van der Waals surface area contributed by atoms with Gasteiger partial charge >= 0.3 is 5.97 Å². The highest BCUT2D eigenvalue weighted by molar-refractivity contribution is 6.41. The summed E-state index contributed by atoms with van der Waals surface area (Å²) in [5.74, 6) is -1.87. The van der Waals surface area contributed by atoms with Gasteiger partial charge in [0.15, 0.2) is 6.61 Å². The van der Waals surface area contributed by atoms with Gasteiger partial charge in [-0.1, -0.05) is 29.3 Å². The second kappa shape index (κ2) is 7.20. The number of ether oxygens (including phenoxy) is 1. The van der Waals surface area contributed by atoms with Gasteiger partial charge in [0.25, 0.3) is 5.91 Å². The van der Waals surface area contributed by atoms with Crippen LogP contribution in [0.5, 0.6) is 0 Å². The molecule has 1 amide bonds. The van der Waals surface area contributed by atoms with Crippen molar-refractivity contribution in [1.29, 1.82) is 0 Å². The molecule has 0 atom stereocenters. The van der Waals surface area contributed by atoms with Crippen molar-refractivity contribution in [3.05, 3.63) is 58.1 Å². The number of amides is 1. The number of hydrogen-bond donors (Lipinski definition) is 1. The zero-order valence-electron chi connectivity index (χ0n) is 11.0. The van der Waals surface area contributed by atoms with Gasteiger partial charge in [0.2, 0.25) is 0 Å². The molecule has 1 aromatic carbocycles. The number of halogens is 3. The standard InChI is InChI=1S/C14H9Cl2FN2O3/c15-11-4-8(6-18-13(11)16)14(21)22-7-12(20)19-10-3-1-2-9(17)5-10/h1-6H,7H2,(H,19,20). The summed E-state index contributed by atoms with van der Waals surface area (Å²) in [7, 11) is 0. The minimum absolute atomic E-state index is 0.0575. The number of carbonyl (C=O) groups is 2. The van der Waals surface area contributed by atoms with Crippen molar-refractivity contribution in [2.75, 3.05) is 11.9 Å². The van der Waals surface area contributed by atoms with Crippen molar-refractivity contribution in [3.8, 4) is 0 Å². The highest BCUT2D eigenvalue weighted by Crippen LogP contribution is 2.20. The first-order valence-electron chi connectivity index (χ1n) is 5.99. The fourth-order valence-electron chi connectivity index (χ4n) is 1.51. The van der Waals surface area contributed by atoms with Gasteiger partial charge in [-0.15, -0.1) is 0 Å². The van der Waals surface area contributed by atoms with Crippen LogP contribution in [-0.4, -0.2) is 23.5 Å². The van der Waals surface area contributed by atoms with E-state index in [1.165, 1.54) is 30.5 Å². The summed E-state index contributed by atoms with van der Waals surface area (Å²) >= 11 is 11.4. The average Bonchev–Trinajstić information content (AvgIpc) is 2.47. The number of rotatable bonds is 4. The second-order valence-electron chi connectivity index (χ2n) is 4.13. The molecular formula is C14H9Cl2FN2O3. The first-order chi connectivity index (χ1) is 10.5. The van der Waals surface area contributed by atoms with E-state index in [1.54, 1.807) is 0 Å². The Balaban J connectivity index is 1.90. The van der Waals surface area contributed by atoms with Gasteiger partial charge in [0.05, 0.1) is 10.6 Å². The zero-order valence-corrected chi connectivity index (χ0v) is 12.5. The summed E-state index contributed by atoms with van der Waals surface area (Å²) in [4.78, 5) is 27.0. The van der Waals surface area contributed by atoms with E-state index in [4.69, 9.17) is 27.9 Å². The molecule has 8 heteroatoms. The second-order valence-corrected chi connectivity index (χ2v) is 4.90. The molecule has 22 heavy (non-hydrogen) atoms. The number of esters is 1. The maximum absolute atomic E-state index is 13.0. The van der Waals surface area contributed by atoms with Crippen LogP contribution >= 0.6 is 23.2 Å². The first-order valence-corrected chi connectivity index (χ1v) is 6.75. The number of hydrogen-bond acceptors (Lipinski definition) is 4. The molecule has 0 unspecified atom stereocenters. The smallest absolute Gasteiger partial charge is 0.340 e. The SMILES string of the molecule is O=C(COC(=O)c1cnc(Cl)c(Cl)c1)Nc1cccc(F)c1. The number of aromatic nitrogens is 1. The summed E-state index contributed by atoms with van der Waals surface area (Å²) in [6, 6.07) is 6.61. The molecule has 2 aromatic rings. The fraction of sp³-hybridized carbons (Fsp3) is 0.0714. The average molecular weight is 343 g/mol. The topological polar surface area (TPSA) is 68.3 Å². The van der Waals surface area contributed by atoms with Crippen molar-refractivity contribution >= 4 is 40.8 Å². The molecule has 1 N–H and O–H groups in total. The van der Waals surface area contributed by atoms with E-state index >= 15 is 0 Å². The van der Waals surface area contributed by atoms with Crippen LogP contribution in [0.3, 0.4) is 0 Å². The van der Waals surface area contributed by atoms with Crippen molar-refractivity contribution in [2.45, 2.75) is 0 Å². The van der Waals surface area contributed by atoms with E-state index in [9.17, 15) is 14.0 Å². The third kappa shape index (κ3) is 4.41. The molecule has 0 radical (unpaired) electrons. The Morgan fingerprint density at radius 2 is 2.05 bits per heavy atom. The number of carbonyl (C=O) groups excluding carboxylic acids is 2. The van der Waals surface area contributed by atoms with E-state index in [-0.39, 0.29) is 21.4 Å². The number of anilines is 1. The lowest BCUT2D eigenvalue weighted by Gasteiger charge is -2.07. The van der Waals surface area contributed by atoms with Gasteiger partial charge in [0, 0.05) is 11.9 Å². The Hall–Kier alpha value is -2.18. The number of nitrogens with one attached hydrogen (secondary N) is 1. The highest BCUT2D eigenvalue weighted by atomic mass is 35.5. The van der Waals surface area contributed by atoms with Gasteiger partial charge in [-0.2, -0.15) is 0 Å². The molecular weight excluding hydrogens is 334 g/mol. The third-order valence-corrected chi connectivity index (χ3v) is 3.16. The van der Waals surface area contributed by atoms with Crippen LogP contribution in [0.2, 0.25) is 10.2 Å². The third-order valence-electron chi connectivity index (χ3n) is 2.47. The van der Waals surface area contributed by atoms with E-state index in [0.717, 1.165) is 6.07 Å². The predicted octanol–water partition coefficient (Wildman–Crippen LogP) is 3.32. The van der Waals surface area contributed by atoms with Crippen LogP contribution in [0.4, 0.5) is 10.1 Å². The summed E-state index contributed by atoms with van der Waals surface area (Å²) in [5, 5.41) is 2.55. The van der Waals surface area contributed by atoms with Crippen LogP contribution in [0.1, 0.15) is 10.4 Å². The lowest BCUT2D eigenvalue weighted by Crippen LogP contribution is -2.21. The number of nitrogens with zero attached hydrogens (tertiary/aromatic N) is 1. The Morgan fingerprint density at radius 3 is 2.73 bits per heavy atom. The van der Waals surface area contributed by atoms with Gasteiger partial charge < -0.3 is 10.1 Å². The van der Waals surface area contributed by atoms with Crippen LogP contribution in [0, 0.1) is 5.82 Å². The first kappa shape index (κ1) is 16.2. The zero-order chi connectivity index (χ0) is 16.1. The molecule has 0 aliphatic heterocycles. The fourth-order valence-corrected chi connectivity index (χ4v) is 1.78. The van der Waals surface area contributed by atoms with Crippen molar-refractivity contribution < 1.29 is 18.7 Å². The van der Waals surface area contributed by atoms with E-state index in [2.05, 4.69) is 10.3 Å². The monoisotopic (exact) mass is 342 g/mol. The Bertz CT molecular complexity index is 725. The van der Waals surface area contributed by atoms with Crippen molar-refractivity contribution in [2.24, 2.45) is 0 Å². The highest BCUT2D eigenvalue weighted by Gasteiger charge is 2.13. The lowest BCUT2D eigenvalue weighted by atomic mass is 10.3. The molecule has 1 heterocycles. The van der Waals surface area contributed by atoms with Crippen LogP contribution in [0.15, 0.2) is 36.5 Å². The van der Waals surface area contributed by atoms with Crippen LogP contribution < -0.4 is 5.32 Å². The van der Waals surface area contributed by atoms with Gasteiger partial charge in [-0.3, -0.25) is 4.79 Å². The Labute approximate surface area is 135 Å². The summed E-state index contributed by atoms with van der Waals surface area (Å²) in [5.41, 5.74) is 0.324. The molecule has 5 nitrogen and oxygen atoms in total. The van der Waals surface area contributed by atoms with Gasteiger partial charge in [-0.05, 0) is 24.3 Å². The molecule has 2 rings (SSSR count). The molecule has 0 fully saturated rings. The van der Waals surface area contributed by atoms with E-state index < -0.39 is 24.3 Å². The van der Waals surface area contributed by atoms with Gasteiger partial charge in [0.1, 0.15) is 11.0 Å². The molecule has 0 saturated carbocycles. The summed E-state index contributed by atoms with van der Waals surface area (Å²) in [6.07, 6.45) is 1.18. The molecule has 1 aromatic heterocycles. The normalized spacial score (nSPS) is 10.1. The Morgan fingerprint density at radius 1 is 1.27 bits per heavy atom. The molecule has 0 aliphatic rings. The molecule has 0 aliphatic carbocycles. The number of benzene rings is 1. The largest absolute Gasteiger partial charge is 0.452 e.